The number of carbonyl (C=O) groups is 2. The predicted octanol–water partition coefficient (Wildman–Crippen LogP) is 1.44. The molecule has 1 atom stereocenters. The third-order valence-electron chi connectivity index (χ3n) is 3.23. The summed E-state index contributed by atoms with van der Waals surface area (Å²) < 4.78 is 5.16. The van der Waals surface area contributed by atoms with Crippen molar-refractivity contribution in [3.8, 4) is 0 Å². The van der Waals surface area contributed by atoms with Gasteiger partial charge in [0.05, 0.1) is 11.5 Å². The van der Waals surface area contributed by atoms with Gasteiger partial charge in [-0.05, 0) is 17.7 Å². The maximum atomic E-state index is 11.9. The lowest BCUT2D eigenvalue weighted by atomic mass is 10.2. The van der Waals surface area contributed by atoms with Crippen molar-refractivity contribution in [2.75, 3.05) is 6.54 Å². The van der Waals surface area contributed by atoms with Crippen LogP contribution >= 0.6 is 11.8 Å². The highest BCUT2D eigenvalue weighted by Gasteiger charge is 2.45. The molecule has 21 heavy (non-hydrogen) atoms. The molecule has 1 fully saturated rings. The molecule has 0 radical (unpaired) electrons. The zero-order valence-electron chi connectivity index (χ0n) is 10.7. The third-order valence-corrected chi connectivity index (χ3v) is 4.36. The summed E-state index contributed by atoms with van der Waals surface area (Å²) in [6.45, 7) is 0.279. The average Bonchev–Trinajstić information content (AvgIpc) is 2.82. The van der Waals surface area contributed by atoms with E-state index in [-0.39, 0.29) is 30.0 Å². The minimum atomic E-state index is -0.490. The quantitative estimate of drug-likeness (QED) is 0.472. The second-order valence-electron chi connectivity index (χ2n) is 4.59. The zero-order valence-corrected chi connectivity index (χ0v) is 11.5. The molecule has 0 aromatic heterocycles. The Morgan fingerprint density at radius 2 is 2.14 bits per heavy atom. The van der Waals surface area contributed by atoms with Crippen molar-refractivity contribution >= 4 is 29.2 Å². The van der Waals surface area contributed by atoms with E-state index in [1.54, 1.807) is 22.4 Å². The molecule has 108 valence electrons. The molecule has 2 heterocycles. The van der Waals surface area contributed by atoms with E-state index in [9.17, 15) is 19.7 Å². The zero-order chi connectivity index (χ0) is 15.0. The molecule has 0 bridgehead atoms. The van der Waals surface area contributed by atoms with Gasteiger partial charge in [-0.3, -0.25) is 14.9 Å². The van der Waals surface area contributed by atoms with Gasteiger partial charge in [0, 0.05) is 17.5 Å². The van der Waals surface area contributed by atoms with Gasteiger partial charge in [-0.1, -0.05) is 11.8 Å². The first-order valence-corrected chi connectivity index (χ1v) is 7.06. The number of ether oxygens (including phenoxy) is 1. The van der Waals surface area contributed by atoms with Crippen molar-refractivity contribution in [3.05, 3.63) is 51.0 Å². The van der Waals surface area contributed by atoms with Crippen molar-refractivity contribution in [3.63, 3.8) is 0 Å². The average molecular weight is 306 g/mol. The Morgan fingerprint density at radius 1 is 1.43 bits per heavy atom. The van der Waals surface area contributed by atoms with E-state index in [4.69, 9.17) is 4.74 Å². The fraction of sp³-hybridized carbons (Fsp3) is 0.231. The van der Waals surface area contributed by atoms with E-state index >= 15 is 0 Å². The van der Waals surface area contributed by atoms with Crippen LogP contribution in [0.3, 0.4) is 0 Å². The Balaban J connectivity index is 1.57. The van der Waals surface area contributed by atoms with Gasteiger partial charge in [0.2, 0.25) is 0 Å². The number of fused-ring (bicyclic) bond motifs is 1. The number of hydrogen-bond acceptors (Lipinski definition) is 7. The highest BCUT2D eigenvalue weighted by Crippen LogP contribution is 2.37. The highest BCUT2D eigenvalue weighted by molar-refractivity contribution is 8.03. The second kappa shape index (κ2) is 5.21. The molecule has 0 saturated carbocycles. The van der Waals surface area contributed by atoms with Crippen LogP contribution in [0.15, 0.2) is 35.4 Å². The van der Waals surface area contributed by atoms with Crippen LogP contribution in [-0.2, 0) is 20.9 Å². The normalized spacial score (nSPS) is 19.6. The Morgan fingerprint density at radius 3 is 2.71 bits per heavy atom. The van der Waals surface area contributed by atoms with Crippen LogP contribution in [0.4, 0.5) is 5.69 Å². The number of nitro benzene ring substituents is 1. The number of non-ortho nitro benzene ring substituents is 1. The number of ketones is 1. The number of rotatable bonds is 4. The van der Waals surface area contributed by atoms with Crippen molar-refractivity contribution in [1.82, 2.24) is 4.90 Å². The van der Waals surface area contributed by atoms with Crippen LogP contribution in [0.2, 0.25) is 0 Å². The lowest BCUT2D eigenvalue weighted by molar-refractivity contribution is -0.384. The van der Waals surface area contributed by atoms with Gasteiger partial charge in [-0.2, -0.15) is 0 Å². The van der Waals surface area contributed by atoms with E-state index in [2.05, 4.69) is 0 Å². The summed E-state index contributed by atoms with van der Waals surface area (Å²) in [5.41, 5.74) is 1.05. The van der Waals surface area contributed by atoms with Crippen LogP contribution in [0.1, 0.15) is 5.56 Å². The monoisotopic (exact) mass is 306 g/mol. The fourth-order valence-corrected chi connectivity index (χ4v) is 3.10. The Bertz CT molecular complexity index is 655. The molecule has 1 unspecified atom stereocenters. The van der Waals surface area contributed by atoms with Gasteiger partial charge in [-0.15, -0.1) is 0 Å². The number of carbonyl (C=O) groups excluding carboxylic acids is 2. The first-order valence-electron chi connectivity index (χ1n) is 6.12. The number of esters is 1. The summed E-state index contributed by atoms with van der Waals surface area (Å²) in [4.78, 5) is 34.9. The SMILES string of the molecule is O=C(OCc1ccc([N+](=O)[O-])cc1)C1=CSC2C(=O)CN12. The summed E-state index contributed by atoms with van der Waals surface area (Å²) in [5.74, 6) is -0.384. The standard InChI is InChI=1S/C13H10N2O5S/c16-11-5-14-10(7-21-12(11)14)13(17)20-6-8-1-3-9(4-2-8)15(18)19/h1-4,7,12H,5-6H2. The van der Waals surface area contributed by atoms with Crippen LogP contribution in [0.25, 0.3) is 0 Å². The number of Topliss-reactive ketones (excluding diaryl/α,β-unsaturated/α-hetero) is 1. The Hall–Kier alpha value is -2.35. The maximum Gasteiger partial charge on any atom is 0.355 e. The minimum Gasteiger partial charge on any atom is -0.456 e. The summed E-state index contributed by atoms with van der Waals surface area (Å²) in [7, 11) is 0. The smallest absolute Gasteiger partial charge is 0.355 e. The van der Waals surface area contributed by atoms with Gasteiger partial charge >= 0.3 is 5.97 Å². The van der Waals surface area contributed by atoms with E-state index < -0.39 is 10.9 Å². The molecule has 1 aromatic rings. The molecule has 1 saturated heterocycles. The van der Waals surface area contributed by atoms with Gasteiger partial charge in [0.15, 0.2) is 5.78 Å². The predicted molar refractivity (Wildman–Crippen MR) is 74.1 cm³/mol. The number of thioether (sulfide) groups is 1. The number of benzene rings is 1. The molecule has 0 spiro atoms. The molecule has 0 aliphatic carbocycles. The first kappa shape index (κ1) is 13.6. The van der Waals surface area contributed by atoms with E-state index in [1.807, 2.05) is 0 Å². The molecule has 8 heteroatoms. The van der Waals surface area contributed by atoms with Gasteiger partial charge in [0.25, 0.3) is 5.69 Å². The second-order valence-corrected chi connectivity index (χ2v) is 5.54. The van der Waals surface area contributed by atoms with Crippen LogP contribution in [-0.4, -0.2) is 33.5 Å². The molecule has 2 aliphatic heterocycles. The molecule has 0 N–H and O–H groups in total. The van der Waals surface area contributed by atoms with Crippen molar-refractivity contribution in [1.29, 1.82) is 0 Å². The molecular weight excluding hydrogens is 296 g/mol. The van der Waals surface area contributed by atoms with Crippen LogP contribution in [0.5, 0.6) is 0 Å². The molecule has 7 nitrogen and oxygen atoms in total. The summed E-state index contributed by atoms with van der Waals surface area (Å²) in [6.07, 6.45) is 0. The largest absolute Gasteiger partial charge is 0.456 e. The van der Waals surface area contributed by atoms with E-state index in [1.165, 1.54) is 23.9 Å². The topological polar surface area (TPSA) is 89.7 Å². The minimum absolute atomic E-state index is 0.0121. The number of nitro groups is 1. The van der Waals surface area contributed by atoms with Crippen molar-refractivity contribution in [2.24, 2.45) is 0 Å². The Labute approximate surface area is 123 Å². The molecule has 1 aromatic carbocycles. The molecular formula is C13H10N2O5S. The third kappa shape index (κ3) is 2.49. The van der Waals surface area contributed by atoms with Crippen LogP contribution in [0, 0.1) is 10.1 Å². The number of nitrogens with zero attached hydrogens (tertiary/aromatic N) is 2. The number of hydrogen-bond donors (Lipinski definition) is 0. The van der Waals surface area contributed by atoms with E-state index in [0.29, 0.717) is 11.3 Å². The van der Waals surface area contributed by atoms with Gasteiger partial charge in [-0.25, -0.2) is 4.79 Å². The fourth-order valence-electron chi connectivity index (χ4n) is 2.05. The highest BCUT2D eigenvalue weighted by atomic mass is 32.2. The Kier molecular flexibility index (Phi) is 3.38. The molecule has 0 amide bonds. The lowest BCUT2D eigenvalue weighted by Gasteiger charge is -2.35. The summed E-state index contributed by atoms with van der Waals surface area (Å²) in [5, 5.41) is 11.9. The van der Waals surface area contributed by atoms with Gasteiger partial charge < -0.3 is 9.64 Å². The first-order chi connectivity index (χ1) is 10.1. The molecule has 3 rings (SSSR count). The molecule has 2 aliphatic rings. The van der Waals surface area contributed by atoms with Crippen molar-refractivity contribution < 1.29 is 19.2 Å². The van der Waals surface area contributed by atoms with Crippen LogP contribution < -0.4 is 0 Å². The lowest BCUT2D eigenvalue weighted by Crippen LogP contribution is -2.52. The van der Waals surface area contributed by atoms with E-state index in [0.717, 1.165) is 0 Å². The maximum absolute atomic E-state index is 11.9. The van der Waals surface area contributed by atoms with Crippen molar-refractivity contribution in [2.45, 2.75) is 12.0 Å². The van der Waals surface area contributed by atoms with Gasteiger partial charge in [0.1, 0.15) is 17.7 Å². The summed E-state index contributed by atoms with van der Waals surface area (Å²) in [6, 6.07) is 5.80. The summed E-state index contributed by atoms with van der Waals surface area (Å²) >= 11 is 1.30.